The number of benzene rings is 1. The predicted molar refractivity (Wildman–Crippen MR) is 109 cm³/mol. The SMILES string of the molecule is COC(=O)[C@H](Cc1ccccc1)NC(=O)[C@H](CC(C)C)NC(=O)C(C)(C)NC=O. The lowest BCUT2D eigenvalue weighted by Gasteiger charge is -2.28. The third-order valence-electron chi connectivity index (χ3n) is 4.40. The van der Waals surface area contributed by atoms with Crippen LogP contribution in [0.4, 0.5) is 0 Å². The maximum absolute atomic E-state index is 12.9. The van der Waals surface area contributed by atoms with Crippen LogP contribution in [0, 0.1) is 5.92 Å². The lowest BCUT2D eigenvalue weighted by atomic mass is 9.99. The second-order valence-corrected chi connectivity index (χ2v) is 7.82. The largest absolute Gasteiger partial charge is 0.467 e. The highest BCUT2D eigenvalue weighted by molar-refractivity contribution is 5.94. The number of nitrogens with one attached hydrogen (secondary N) is 3. The zero-order valence-electron chi connectivity index (χ0n) is 17.7. The van der Waals surface area contributed by atoms with E-state index in [1.54, 1.807) is 0 Å². The van der Waals surface area contributed by atoms with Crippen molar-refractivity contribution in [1.29, 1.82) is 0 Å². The number of carbonyl (C=O) groups excluding carboxylic acids is 4. The summed E-state index contributed by atoms with van der Waals surface area (Å²) in [4.78, 5) is 48.3. The van der Waals surface area contributed by atoms with Gasteiger partial charge in [0.1, 0.15) is 17.6 Å². The fourth-order valence-corrected chi connectivity index (χ4v) is 2.71. The smallest absolute Gasteiger partial charge is 0.328 e. The monoisotopic (exact) mass is 405 g/mol. The molecule has 0 spiro atoms. The molecule has 160 valence electrons. The summed E-state index contributed by atoms with van der Waals surface area (Å²) in [7, 11) is 1.26. The van der Waals surface area contributed by atoms with Crippen LogP contribution in [0.5, 0.6) is 0 Å². The van der Waals surface area contributed by atoms with Crippen molar-refractivity contribution in [3.05, 3.63) is 35.9 Å². The molecule has 8 nitrogen and oxygen atoms in total. The molecule has 0 heterocycles. The van der Waals surface area contributed by atoms with Crippen molar-refractivity contribution < 1.29 is 23.9 Å². The Labute approximate surface area is 171 Å². The molecule has 1 aromatic rings. The van der Waals surface area contributed by atoms with Gasteiger partial charge in [-0.1, -0.05) is 44.2 Å². The number of rotatable bonds is 11. The number of hydrogen-bond donors (Lipinski definition) is 3. The molecule has 0 aliphatic carbocycles. The molecular formula is C21H31N3O5. The molecule has 0 aromatic heterocycles. The van der Waals surface area contributed by atoms with Gasteiger partial charge in [0.05, 0.1) is 7.11 Å². The fourth-order valence-electron chi connectivity index (χ4n) is 2.71. The molecule has 3 amide bonds. The third-order valence-corrected chi connectivity index (χ3v) is 4.40. The van der Waals surface area contributed by atoms with E-state index in [4.69, 9.17) is 4.74 Å². The average molecular weight is 405 g/mol. The molecule has 0 saturated heterocycles. The van der Waals surface area contributed by atoms with Gasteiger partial charge < -0.3 is 20.7 Å². The van der Waals surface area contributed by atoms with Crippen molar-refractivity contribution in [2.75, 3.05) is 7.11 Å². The molecule has 1 rings (SSSR count). The molecule has 0 radical (unpaired) electrons. The van der Waals surface area contributed by atoms with Crippen LogP contribution in [0.3, 0.4) is 0 Å². The number of hydrogen-bond acceptors (Lipinski definition) is 5. The van der Waals surface area contributed by atoms with Gasteiger partial charge in [-0.05, 0) is 31.7 Å². The maximum atomic E-state index is 12.9. The summed E-state index contributed by atoms with van der Waals surface area (Å²) in [5.74, 6) is -1.44. The van der Waals surface area contributed by atoms with Gasteiger partial charge in [-0.25, -0.2) is 4.79 Å². The predicted octanol–water partition coefficient (Wildman–Crippen LogP) is 0.942. The summed E-state index contributed by atoms with van der Waals surface area (Å²) < 4.78 is 4.82. The van der Waals surface area contributed by atoms with E-state index in [1.807, 2.05) is 44.2 Å². The number of esters is 1. The van der Waals surface area contributed by atoms with E-state index >= 15 is 0 Å². The minimum absolute atomic E-state index is 0.110. The molecule has 0 unspecified atom stereocenters. The Morgan fingerprint density at radius 2 is 1.69 bits per heavy atom. The molecule has 3 N–H and O–H groups in total. The molecule has 0 fully saturated rings. The number of ether oxygens (including phenoxy) is 1. The quantitative estimate of drug-likeness (QED) is 0.375. The second kappa shape index (κ2) is 11.2. The molecule has 8 heteroatoms. The van der Waals surface area contributed by atoms with Gasteiger partial charge in [0, 0.05) is 6.42 Å². The Bertz CT molecular complexity index is 704. The van der Waals surface area contributed by atoms with Gasteiger partial charge >= 0.3 is 5.97 Å². The van der Waals surface area contributed by atoms with Gasteiger partial charge in [0.2, 0.25) is 18.2 Å². The van der Waals surface area contributed by atoms with Crippen molar-refractivity contribution >= 4 is 24.2 Å². The molecule has 0 aliphatic heterocycles. The first-order chi connectivity index (χ1) is 13.6. The Kier molecular flexibility index (Phi) is 9.31. The lowest BCUT2D eigenvalue weighted by molar-refractivity contribution is -0.145. The van der Waals surface area contributed by atoms with Crippen molar-refractivity contribution in [3.8, 4) is 0 Å². The van der Waals surface area contributed by atoms with Crippen LogP contribution in [0.2, 0.25) is 0 Å². The van der Waals surface area contributed by atoms with Crippen LogP contribution in [-0.4, -0.2) is 48.9 Å². The first kappa shape index (κ1) is 24.1. The van der Waals surface area contributed by atoms with Gasteiger partial charge in [-0.3, -0.25) is 14.4 Å². The van der Waals surface area contributed by atoms with E-state index in [-0.39, 0.29) is 12.3 Å². The summed E-state index contributed by atoms with van der Waals surface area (Å²) in [6.45, 7) is 6.91. The number of amides is 3. The topological polar surface area (TPSA) is 114 Å². The van der Waals surface area contributed by atoms with Crippen molar-refractivity contribution in [1.82, 2.24) is 16.0 Å². The van der Waals surface area contributed by atoms with Crippen molar-refractivity contribution in [3.63, 3.8) is 0 Å². The molecule has 0 bridgehead atoms. The highest BCUT2D eigenvalue weighted by Gasteiger charge is 2.33. The van der Waals surface area contributed by atoms with Crippen LogP contribution in [0.25, 0.3) is 0 Å². The van der Waals surface area contributed by atoms with E-state index in [0.29, 0.717) is 12.8 Å². The summed E-state index contributed by atoms with van der Waals surface area (Å²) in [6, 6.07) is 7.50. The van der Waals surface area contributed by atoms with E-state index in [0.717, 1.165) is 5.56 Å². The zero-order valence-corrected chi connectivity index (χ0v) is 17.7. The van der Waals surface area contributed by atoms with Gasteiger partial charge in [-0.2, -0.15) is 0 Å². The summed E-state index contributed by atoms with van der Waals surface area (Å²) in [6.07, 6.45) is 1.07. The molecule has 0 saturated carbocycles. The maximum Gasteiger partial charge on any atom is 0.328 e. The van der Waals surface area contributed by atoms with Crippen LogP contribution in [-0.2, 0) is 30.3 Å². The highest BCUT2D eigenvalue weighted by Crippen LogP contribution is 2.10. The molecule has 0 aliphatic rings. The van der Waals surface area contributed by atoms with E-state index < -0.39 is 35.4 Å². The summed E-state index contributed by atoms with van der Waals surface area (Å²) in [5.41, 5.74) is -0.313. The number of carbonyl (C=O) groups is 4. The second-order valence-electron chi connectivity index (χ2n) is 7.82. The Morgan fingerprint density at radius 1 is 1.07 bits per heavy atom. The summed E-state index contributed by atoms with van der Waals surface area (Å²) >= 11 is 0. The normalized spacial score (nSPS) is 13.2. The number of methoxy groups -OCH3 is 1. The molecular weight excluding hydrogens is 374 g/mol. The van der Waals surface area contributed by atoms with E-state index in [1.165, 1.54) is 21.0 Å². The first-order valence-corrected chi connectivity index (χ1v) is 9.55. The minimum atomic E-state index is -1.18. The van der Waals surface area contributed by atoms with Gasteiger partial charge in [0.25, 0.3) is 0 Å². The van der Waals surface area contributed by atoms with Crippen molar-refractivity contribution in [2.45, 2.75) is 58.2 Å². The Morgan fingerprint density at radius 3 is 2.21 bits per heavy atom. The molecule has 29 heavy (non-hydrogen) atoms. The molecule has 2 atom stereocenters. The Balaban J connectivity index is 2.96. The summed E-state index contributed by atoms with van der Waals surface area (Å²) in [5, 5.41) is 7.79. The highest BCUT2D eigenvalue weighted by atomic mass is 16.5. The fraction of sp³-hybridized carbons (Fsp3) is 0.524. The minimum Gasteiger partial charge on any atom is -0.467 e. The van der Waals surface area contributed by atoms with Crippen LogP contribution < -0.4 is 16.0 Å². The van der Waals surface area contributed by atoms with Crippen LogP contribution in [0.1, 0.15) is 39.7 Å². The zero-order chi connectivity index (χ0) is 22.0. The van der Waals surface area contributed by atoms with Gasteiger partial charge in [-0.15, -0.1) is 0 Å². The molecule has 1 aromatic carbocycles. The van der Waals surface area contributed by atoms with Crippen LogP contribution >= 0.6 is 0 Å². The Hall–Kier alpha value is -2.90. The van der Waals surface area contributed by atoms with Crippen LogP contribution in [0.15, 0.2) is 30.3 Å². The first-order valence-electron chi connectivity index (χ1n) is 9.55. The standard InChI is InChI=1S/C21H31N3O5/c1-14(2)11-16(24-20(28)21(3,4)22-13-25)18(26)23-17(19(27)29-5)12-15-9-7-6-8-10-15/h6-10,13-14,16-17H,11-12H2,1-5H3,(H,22,25)(H,23,26)(H,24,28)/t16-,17-/m0/s1. The van der Waals surface area contributed by atoms with Crippen molar-refractivity contribution in [2.24, 2.45) is 5.92 Å². The lowest BCUT2D eigenvalue weighted by Crippen LogP contribution is -2.59. The average Bonchev–Trinajstić information content (AvgIpc) is 2.66. The van der Waals surface area contributed by atoms with Gasteiger partial charge in [0.15, 0.2) is 0 Å². The van der Waals surface area contributed by atoms with E-state index in [2.05, 4.69) is 16.0 Å². The van der Waals surface area contributed by atoms with E-state index in [9.17, 15) is 19.2 Å². The third kappa shape index (κ3) is 7.93.